The summed E-state index contributed by atoms with van der Waals surface area (Å²) in [5.74, 6) is 0.336. The molecule has 25 heavy (non-hydrogen) atoms. The van der Waals surface area contributed by atoms with E-state index in [1.807, 2.05) is 6.07 Å². The van der Waals surface area contributed by atoms with Gasteiger partial charge in [-0.15, -0.1) is 0 Å². The summed E-state index contributed by atoms with van der Waals surface area (Å²) in [7, 11) is 1.55. The minimum atomic E-state index is -0.154. The lowest BCUT2D eigenvalue weighted by molar-refractivity contribution is -0.0292. The lowest BCUT2D eigenvalue weighted by atomic mass is 10.2. The number of nitrogens with one attached hydrogen (secondary N) is 1. The summed E-state index contributed by atoms with van der Waals surface area (Å²) >= 11 is 0. The van der Waals surface area contributed by atoms with Crippen molar-refractivity contribution in [2.75, 3.05) is 33.4 Å². The Morgan fingerprint density at radius 3 is 2.88 bits per heavy atom. The Morgan fingerprint density at radius 1 is 1.32 bits per heavy atom. The van der Waals surface area contributed by atoms with E-state index in [1.54, 1.807) is 19.2 Å². The number of carbonyl (C=O) groups is 1. The molecule has 0 radical (unpaired) electrons. The van der Waals surface area contributed by atoms with Crippen LogP contribution in [0.15, 0.2) is 48.7 Å². The third kappa shape index (κ3) is 5.01. The highest BCUT2D eigenvalue weighted by Gasteiger charge is 2.21. The van der Waals surface area contributed by atoms with E-state index in [4.69, 9.17) is 9.47 Å². The molecule has 1 aliphatic heterocycles. The minimum absolute atomic E-state index is 0.00683. The topological polar surface area (TPSA) is 63.7 Å². The van der Waals surface area contributed by atoms with Crippen LogP contribution in [0.5, 0.6) is 5.88 Å². The molecule has 1 saturated heterocycles. The first-order valence-electron chi connectivity index (χ1n) is 8.41. The molecule has 0 bridgehead atoms. The number of aromatic nitrogens is 1. The summed E-state index contributed by atoms with van der Waals surface area (Å²) in [6, 6.07) is 13.8. The van der Waals surface area contributed by atoms with E-state index in [-0.39, 0.29) is 12.0 Å². The summed E-state index contributed by atoms with van der Waals surface area (Å²) in [6.07, 6.45) is 1.50. The van der Waals surface area contributed by atoms with E-state index in [0.29, 0.717) is 24.6 Å². The quantitative estimate of drug-likeness (QED) is 0.867. The second-order valence-corrected chi connectivity index (χ2v) is 6.01. The van der Waals surface area contributed by atoms with Gasteiger partial charge < -0.3 is 14.8 Å². The zero-order chi connectivity index (χ0) is 17.5. The molecule has 3 rings (SSSR count). The Labute approximate surface area is 147 Å². The highest BCUT2D eigenvalue weighted by atomic mass is 16.5. The fraction of sp³-hybridized carbons (Fsp3) is 0.368. The van der Waals surface area contributed by atoms with Gasteiger partial charge in [-0.1, -0.05) is 30.3 Å². The average molecular weight is 341 g/mol. The average Bonchev–Trinajstić information content (AvgIpc) is 2.67. The molecule has 0 aliphatic carbocycles. The summed E-state index contributed by atoms with van der Waals surface area (Å²) in [4.78, 5) is 18.6. The van der Waals surface area contributed by atoms with Crippen LogP contribution >= 0.6 is 0 Å². The maximum absolute atomic E-state index is 12.2. The van der Waals surface area contributed by atoms with E-state index in [2.05, 4.69) is 39.5 Å². The predicted octanol–water partition coefficient (Wildman–Crippen LogP) is 1.72. The molecule has 1 atom stereocenters. The van der Waals surface area contributed by atoms with Crippen LogP contribution < -0.4 is 10.1 Å². The van der Waals surface area contributed by atoms with Gasteiger partial charge in [0.2, 0.25) is 5.88 Å². The number of pyridine rings is 1. The Bertz CT molecular complexity index is 676. The monoisotopic (exact) mass is 341 g/mol. The summed E-state index contributed by atoms with van der Waals surface area (Å²) in [6.45, 7) is 3.77. The van der Waals surface area contributed by atoms with Crippen molar-refractivity contribution in [3.63, 3.8) is 0 Å². The molecule has 1 N–H and O–H groups in total. The van der Waals surface area contributed by atoms with Crippen LogP contribution in [0, 0.1) is 0 Å². The number of rotatable bonds is 6. The fourth-order valence-corrected chi connectivity index (χ4v) is 2.83. The van der Waals surface area contributed by atoms with Gasteiger partial charge in [0.05, 0.1) is 25.4 Å². The van der Waals surface area contributed by atoms with Crippen molar-refractivity contribution in [2.24, 2.45) is 0 Å². The molecule has 1 aromatic carbocycles. The Morgan fingerprint density at radius 2 is 2.16 bits per heavy atom. The first kappa shape index (κ1) is 17.4. The molecule has 132 valence electrons. The number of hydrogen-bond donors (Lipinski definition) is 1. The van der Waals surface area contributed by atoms with Gasteiger partial charge in [0.25, 0.3) is 5.91 Å². The van der Waals surface area contributed by atoms with Crippen molar-refractivity contribution >= 4 is 5.91 Å². The van der Waals surface area contributed by atoms with Crippen molar-refractivity contribution in [2.45, 2.75) is 12.6 Å². The Balaban J connectivity index is 1.48. The lowest BCUT2D eigenvalue weighted by Gasteiger charge is -2.33. The van der Waals surface area contributed by atoms with Gasteiger partial charge in [-0.05, 0) is 11.6 Å². The molecular formula is C19H23N3O3. The van der Waals surface area contributed by atoms with Crippen LogP contribution in [0.2, 0.25) is 0 Å². The molecule has 1 unspecified atom stereocenters. The molecule has 1 fully saturated rings. The number of morpholine rings is 1. The smallest absolute Gasteiger partial charge is 0.252 e. The van der Waals surface area contributed by atoms with Gasteiger partial charge in [0.15, 0.2) is 0 Å². The number of carbonyl (C=O) groups excluding carboxylic acids is 1. The SMILES string of the molecule is COc1ccc(C(=O)NCC2CN(Cc3ccccc3)CCO2)cn1. The highest BCUT2D eigenvalue weighted by molar-refractivity contribution is 5.93. The van der Waals surface area contributed by atoms with Crippen LogP contribution in [0.25, 0.3) is 0 Å². The third-order valence-corrected chi connectivity index (χ3v) is 4.17. The first-order chi connectivity index (χ1) is 12.2. The normalized spacial score (nSPS) is 17.9. The van der Waals surface area contributed by atoms with Crippen LogP contribution in [0.4, 0.5) is 0 Å². The minimum Gasteiger partial charge on any atom is -0.481 e. The second kappa shape index (κ2) is 8.60. The number of benzene rings is 1. The number of amides is 1. The van der Waals surface area contributed by atoms with E-state index in [1.165, 1.54) is 11.8 Å². The van der Waals surface area contributed by atoms with Crippen LogP contribution in [0.3, 0.4) is 0 Å². The molecule has 2 aromatic rings. The summed E-state index contributed by atoms with van der Waals surface area (Å²) in [5.41, 5.74) is 1.80. The number of nitrogens with zero attached hydrogens (tertiary/aromatic N) is 2. The second-order valence-electron chi connectivity index (χ2n) is 6.01. The largest absolute Gasteiger partial charge is 0.481 e. The molecule has 2 heterocycles. The van der Waals surface area contributed by atoms with Gasteiger partial charge in [-0.3, -0.25) is 9.69 Å². The molecule has 1 amide bonds. The van der Waals surface area contributed by atoms with Crippen molar-refractivity contribution in [3.8, 4) is 5.88 Å². The van der Waals surface area contributed by atoms with Crippen molar-refractivity contribution in [1.82, 2.24) is 15.2 Å². The Hall–Kier alpha value is -2.44. The maximum Gasteiger partial charge on any atom is 0.252 e. The number of methoxy groups -OCH3 is 1. The van der Waals surface area contributed by atoms with Crippen molar-refractivity contribution < 1.29 is 14.3 Å². The van der Waals surface area contributed by atoms with Crippen LogP contribution in [0.1, 0.15) is 15.9 Å². The maximum atomic E-state index is 12.2. The van der Waals surface area contributed by atoms with Gasteiger partial charge in [-0.25, -0.2) is 4.98 Å². The molecule has 1 aromatic heterocycles. The highest BCUT2D eigenvalue weighted by Crippen LogP contribution is 2.11. The summed E-state index contributed by atoms with van der Waals surface area (Å²) in [5, 5.41) is 2.92. The van der Waals surface area contributed by atoms with E-state index in [0.717, 1.165) is 19.6 Å². The predicted molar refractivity (Wildman–Crippen MR) is 94.6 cm³/mol. The van der Waals surface area contributed by atoms with Gasteiger partial charge in [0.1, 0.15) is 0 Å². The molecular weight excluding hydrogens is 318 g/mol. The summed E-state index contributed by atoms with van der Waals surface area (Å²) < 4.78 is 10.8. The molecule has 6 heteroatoms. The fourth-order valence-electron chi connectivity index (χ4n) is 2.83. The molecule has 0 spiro atoms. The zero-order valence-electron chi connectivity index (χ0n) is 14.4. The van der Waals surface area contributed by atoms with Crippen molar-refractivity contribution in [1.29, 1.82) is 0 Å². The molecule has 0 saturated carbocycles. The van der Waals surface area contributed by atoms with Crippen LogP contribution in [-0.4, -0.2) is 55.2 Å². The van der Waals surface area contributed by atoms with Gasteiger partial charge in [0, 0.05) is 38.4 Å². The first-order valence-corrected chi connectivity index (χ1v) is 8.41. The lowest BCUT2D eigenvalue weighted by Crippen LogP contribution is -2.47. The zero-order valence-corrected chi connectivity index (χ0v) is 14.4. The van der Waals surface area contributed by atoms with Crippen LogP contribution in [-0.2, 0) is 11.3 Å². The van der Waals surface area contributed by atoms with E-state index < -0.39 is 0 Å². The van der Waals surface area contributed by atoms with E-state index in [9.17, 15) is 4.79 Å². The molecule has 6 nitrogen and oxygen atoms in total. The van der Waals surface area contributed by atoms with E-state index >= 15 is 0 Å². The van der Waals surface area contributed by atoms with Gasteiger partial charge >= 0.3 is 0 Å². The molecule has 1 aliphatic rings. The Kier molecular flexibility index (Phi) is 5.98. The van der Waals surface area contributed by atoms with Crippen molar-refractivity contribution in [3.05, 3.63) is 59.8 Å². The number of ether oxygens (including phenoxy) is 2. The number of hydrogen-bond acceptors (Lipinski definition) is 5. The third-order valence-electron chi connectivity index (χ3n) is 4.17. The standard InChI is InChI=1S/C19H23N3O3/c1-24-18-8-7-16(11-20-18)19(23)21-12-17-14-22(9-10-25-17)13-15-5-3-2-4-6-15/h2-8,11,17H,9-10,12-14H2,1H3,(H,21,23). The van der Waals surface area contributed by atoms with Gasteiger partial charge in [-0.2, -0.15) is 0 Å².